The molecule has 3 heteroatoms. The highest BCUT2D eigenvalue weighted by atomic mass is 35.5. The van der Waals surface area contributed by atoms with Crippen LogP contribution < -0.4 is 0 Å². The molecule has 0 spiro atoms. The number of aliphatic carboxylic acids is 1. The molecule has 1 aromatic rings. The second-order valence-electron chi connectivity index (χ2n) is 4.98. The Balaban J connectivity index is 2.06. The first-order valence-corrected chi connectivity index (χ1v) is 6.44. The number of rotatable bonds is 2. The van der Waals surface area contributed by atoms with Crippen molar-refractivity contribution in [2.24, 2.45) is 11.8 Å². The van der Waals surface area contributed by atoms with Gasteiger partial charge in [-0.1, -0.05) is 30.7 Å². The minimum Gasteiger partial charge on any atom is -0.481 e. The van der Waals surface area contributed by atoms with E-state index in [4.69, 9.17) is 16.7 Å². The number of carboxylic acid groups (broad SMARTS) is 1. The van der Waals surface area contributed by atoms with Gasteiger partial charge in [-0.15, -0.1) is 0 Å². The number of halogens is 1. The highest BCUT2D eigenvalue weighted by Crippen LogP contribution is 2.39. The first-order valence-electron chi connectivity index (χ1n) is 6.06. The smallest absolute Gasteiger partial charge is 0.306 e. The predicted octanol–water partition coefficient (Wildman–Crippen LogP) is 3.94. The van der Waals surface area contributed by atoms with Gasteiger partial charge in [0, 0.05) is 5.02 Å². The summed E-state index contributed by atoms with van der Waals surface area (Å²) in [6, 6.07) is 7.93. The lowest BCUT2D eigenvalue weighted by Gasteiger charge is -2.32. The summed E-state index contributed by atoms with van der Waals surface area (Å²) in [6.07, 6.45) is 2.70. The topological polar surface area (TPSA) is 37.3 Å². The average molecular weight is 253 g/mol. The van der Waals surface area contributed by atoms with Crippen molar-refractivity contribution in [2.75, 3.05) is 0 Å². The van der Waals surface area contributed by atoms with Crippen LogP contribution in [0.2, 0.25) is 5.02 Å². The molecule has 1 aliphatic rings. The number of carbonyl (C=O) groups is 1. The van der Waals surface area contributed by atoms with Crippen molar-refractivity contribution in [2.45, 2.75) is 32.1 Å². The van der Waals surface area contributed by atoms with Gasteiger partial charge in [0.2, 0.25) is 0 Å². The van der Waals surface area contributed by atoms with Crippen LogP contribution in [0.3, 0.4) is 0 Å². The molecule has 17 heavy (non-hydrogen) atoms. The van der Waals surface area contributed by atoms with Gasteiger partial charge in [0.15, 0.2) is 0 Å². The molecule has 1 aliphatic carbocycles. The van der Waals surface area contributed by atoms with E-state index < -0.39 is 5.97 Å². The lowest BCUT2D eigenvalue weighted by Crippen LogP contribution is -2.28. The summed E-state index contributed by atoms with van der Waals surface area (Å²) < 4.78 is 0. The molecular weight excluding hydrogens is 236 g/mol. The van der Waals surface area contributed by atoms with Gasteiger partial charge < -0.3 is 5.11 Å². The Morgan fingerprint density at radius 2 is 1.94 bits per heavy atom. The molecule has 1 aromatic carbocycles. The quantitative estimate of drug-likeness (QED) is 0.866. The zero-order chi connectivity index (χ0) is 12.4. The van der Waals surface area contributed by atoms with E-state index in [1.54, 1.807) is 0 Å². The summed E-state index contributed by atoms with van der Waals surface area (Å²) in [5.41, 5.74) is 1.28. The molecule has 1 N–H and O–H groups in total. The van der Waals surface area contributed by atoms with Crippen molar-refractivity contribution in [3.05, 3.63) is 34.9 Å². The monoisotopic (exact) mass is 252 g/mol. The van der Waals surface area contributed by atoms with Gasteiger partial charge in [-0.2, -0.15) is 0 Å². The van der Waals surface area contributed by atoms with Crippen LogP contribution in [-0.4, -0.2) is 11.1 Å². The maximum absolute atomic E-state index is 11.0. The molecule has 1 saturated carbocycles. The zero-order valence-corrected chi connectivity index (χ0v) is 10.7. The van der Waals surface area contributed by atoms with Crippen LogP contribution in [0.5, 0.6) is 0 Å². The van der Waals surface area contributed by atoms with E-state index in [1.807, 2.05) is 19.1 Å². The highest BCUT2D eigenvalue weighted by Gasteiger charge is 2.32. The molecule has 0 amide bonds. The molecule has 3 atom stereocenters. The minimum absolute atomic E-state index is 0.168. The summed E-state index contributed by atoms with van der Waals surface area (Å²) in [4.78, 5) is 11.0. The second-order valence-corrected chi connectivity index (χ2v) is 5.42. The molecule has 0 unspecified atom stereocenters. The zero-order valence-electron chi connectivity index (χ0n) is 9.90. The van der Waals surface area contributed by atoms with Gasteiger partial charge in [0.1, 0.15) is 0 Å². The summed E-state index contributed by atoms with van der Waals surface area (Å²) in [5.74, 6) is -0.0783. The van der Waals surface area contributed by atoms with Crippen LogP contribution in [-0.2, 0) is 4.79 Å². The second kappa shape index (κ2) is 5.09. The van der Waals surface area contributed by atoms with Gasteiger partial charge in [0.05, 0.1) is 5.92 Å². The molecule has 2 nitrogen and oxygen atoms in total. The Morgan fingerprint density at radius 3 is 2.47 bits per heavy atom. The van der Waals surface area contributed by atoms with Crippen LogP contribution in [0, 0.1) is 11.8 Å². The molecule has 0 radical (unpaired) electrons. The van der Waals surface area contributed by atoms with Crippen molar-refractivity contribution < 1.29 is 9.90 Å². The molecule has 0 heterocycles. The third kappa shape index (κ3) is 2.81. The highest BCUT2D eigenvalue weighted by molar-refractivity contribution is 6.30. The Kier molecular flexibility index (Phi) is 3.72. The van der Waals surface area contributed by atoms with E-state index in [2.05, 4.69) is 12.1 Å². The summed E-state index contributed by atoms with van der Waals surface area (Å²) in [6.45, 7) is 2.04. The first kappa shape index (κ1) is 12.4. The van der Waals surface area contributed by atoms with Crippen LogP contribution in [0.15, 0.2) is 24.3 Å². The van der Waals surface area contributed by atoms with E-state index in [0.29, 0.717) is 5.92 Å². The summed E-state index contributed by atoms with van der Waals surface area (Å²) in [5, 5.41) is 9.84. The minimum atomic E-state index is -0.646. The normalized spacial score (nSPS) is 28.9. The van der Waals surface area contributed by atoms with Crippen molar-refractivity contribution in [1.82, 2.24) is 0 Å². The van der Waals surface area contributed by atoms with Crippen LogP contribution >= 0.6 is 11.6 Å². The van der Waals surface area contributed by atoms with Crippen LogP contribution in [0.4, 0.5) is 0 Å². The average Bonchev–Trinajstić information content (AvgIpc) is 2.29. The maximum atomic E-state index is 11.0. The van der Waals surface area contributed by atoms with Crippen molar-refractivity contribution >= 4 is 17.6 Å². The molecule has 92 valence electrons. The lowest BCUT2D eigenvalue weighted by atomic mass is 9.73. The standard InChI is InChI=1S/C14H17ClO2/c1-9-8-11(4-7-13(9)14(16)17)10-2-5-12(15)6-3-10/h2-3,5-6,9,11,13H,4,7-8H2,1H3,(H,16,17)/t9-,11-,13+/m0/s1. The molecule has 2 rings (SSSR count). The third-order valence-corrected chi connectivity index (χ3v) is 4.08. The molecule has 0 bridgehead atoms. The van der Waals surface area contributed by atoms with E-state index in [0.717, 1.165) is 24.3 Å². The fraction of sp³-hybridized carbons (Fsp3) is 0.500. The Labute approximate surface area is 107 Å². The number of hydrogen-bond donors (Lipinski definition) is 1. The summed E-state index contributed by atoms with van der Waals surface area (Å²) in [7, 11) is 0. The SMILES string of the molecule is C[C@H]1C[C@@H](c2ccc(Cl)cc2)CC[C@H]1C(=O)O. The van der Waals surface area contributed by atoms with E-state index in [1.165, 1.54) is 5.56 Å². The fourth-order valence-electron chi connectivity index (χ4n) is 2.80. The van der Waals surface area contributed by atoms with Crippen LogP contribution in [0.25, 0.3) is 0 Å². The third-order valence-electron chi connectivity index (χ3n) is 3.83. The molecule has 0 saturated heterocycles. The van der Waals surface area contributed by atoms with E-state index >= 15 is 0 Å². The Hall–Kier alpha value is -1.02. The number of hydrogen-bond acceptors (Lipinski definition) is 1. The van der Waals surface area contributed by atoms with Gasteiger partial charge >= 0.3 is 5.97 Å². The van der Waals surface area contributed by atoms with Crippen molar-refractivity contribution in [1.29, 1.82) is 0 Å². The molecule has 1 fully saturated rings. The summed E-state index contributed by atoms with van der Waals surface area (Å²) >= 11 is 5.87. The van der Waals surface area contributed by atoms with Crippen molar-refractivity contribution in [3.63, 3.8) is 0 Å². The molecular formula is C14H17ClO2. The molecule has 0 aliphatic heterocycles. The lowest BCUT2D eigenvalue weighted by molar-refractivity contribution is -0.144. The first-order chi connectivity index (χ1) is 8.08. The van der Waals surface area contributed by atoms with Gasteiger partial charge in [0.25, 0.3) is 0 Å². The largest absolute Gasteiger partial charge is 0.481 e. The maximum Gasteiger partial charge on any atom is 0.306 e. The predicted molar refractivity (Wildman–Crippen MR) is 68.3 cm³/mol. The Morgan fingerprint density at radius 1 is 1.29 bits per heavy atom. The van der Waals surface area contributed by atoms with Crippen LogP contribution in [0.1, 0.15) is 37.7 Å². The van der Waals surface area contributed by atoms with Gasteiger partial charge in [-0.05, 0) is 48.8 Å². The number of benzene rings is 1. The Bertz CT molecular complexity index is 399. The van der Waals surface area contributed by atoms with E-state index in [9.17, 15) is 4.79 Å². The fourth-order valence-corrected chi connectivity index (χ4v) is 2.93. The molecule has 0 aromatic heterocycles. The van der Waals surface area contributed by atoms with Gasteiger partial charge in [-0.25, -0.2) is 0 Å². The number of carboxylic acids is 1. The van der Waals surface area contributed by atoms with Crippen molar-refractivity contribution in [3.8, 4) is 0 Å². The van der Waals surface area contributed by atoms with E-state index in [-0.39, 0.29) is 11.8 Å². The van der Waals surface area contributed by atoms with Gasteiger partial charge in [-0.3, -0.25) is 4.79 Å².